The second kappa shape index (κ2) is 15.6. The topological polar surface area (TPSA) is 62.3 Å². The van der Waals surface area contributed by atoms with Crippen LogP contribution in [0.15, 0.2) is 77.7 Å². The minimum atomic E-state index is -0.408. The standard InChI is InChI=1S/C36H45N3O4S/c1-37(2)20-11-22-39-31-14-7-8-15-33(31)44-35(36(39)41)30-26-29(42-3)16-17-32(30)43-25-10-9-21-38-23-18-28(19-24-38)34(40)27-12-5-4-6-13-27/h4-8,12-17,26,28,35H,9-11,18-25H2,1-3H3. The number of rotatable bonds is 14. The minimum absolute atomic E-state index is 0.0831. The van der Waals surface area contributed by atoms with Crippen molar-refractivity contribution >= 4 is 29.1 Å². The quantitative estimate of drug-likeness (QED) is 0.150. The number of unbranched alkanes of at least 4 members (excludes halogenated alkanes) is 1. The number of anilines is 1. The highest BCUT2D eigenvalue weighted by Gasteiger charge is 2.36. The molecule has 0 N–H and O–H groups in total. The number of nitrogens with zero attached hydrogens (tertiary/aromatic N) is 3. The second-order valence-electron chi connectivity index (χ2n) is 11.9. The van der Waals surface area contributed by atoms with Gasteiger partial charge in [-0.15, -0.1) is 11.8 Å². The number of methoxy groups -OCH3 is 1. The normalized spacial score (nSPS) is 17.5. The summed E-state index contributed by atoms with van der Waals surface area (Å²) in [7, 11) is 5.77. The highest BCUT2D eigenvalue weighted by Crippen LogP contribution is 2.49. The number of benzene rings is 3. The van der Waals surface area contributed by atoms with E-state index < -0.39 is 5.25 Å². The highest BCUT2D eigenvalue weighted by molar-refractivity contribution is 8.00. The molecule has 0 aromatic heterocycles. The Morgan fingerprint density at radius 3 is 2.43 bits per heavy atom. The fourth-order valence-electron chi connectivity index (χ4n) is 6.06. The van der Waals surface area contributed by atoms with Gasteiger partial charge in [0.05, 0.1) is 19.4 Å². The summed E-state index contributed by atoms with van der Waals surface area (Å²) in [5.74, 6) is 1.95. The lowest BCUT2D eigenvalue weighted by atomic mass is 9.89. The van der Waals surface area contributed by atoms with Gasteiger partial charge >= 0.3 is 0 Å². The molecule has 3 aromatic rings. The first kappa shape index (κ1) is 32.1. The molecule has 1 amide bonds. The average molecular weight is 616 g/mol. The van der Waals surface area contributed by atoms with Crippen LogP contribution in [0.5, 0.6) is 11.5 Å². The molecule has 7 nitrogen and oxygen atoms in total. The summed E-state index contributed by atoms with van der Waals surface area (Å²) in [6, 6.07) is 23.6. The van der Waals surface area contributed by atoms with Crippen LogP contribution in [-0.4, -0.2) is 82.0 Å². The monoisotopic (exact) mass is 615 g/mol. The Labute approximate surface area is 266 Å². The number of carbonyl (C=O) groups excluding carboxylic acids is 2. The number of ketones is 1. The third kappa shape index (κ3) is 8.03. The lowest BCUT2D eigenvalue weighted by Gasteiger charge is -2.34. The van der Waals surface area contributed by atoms with Crippen molar-refractivity contribution in [2.75, 3.05) is 65.4 Å². The van der Waals surface area contributed by atoms with Crippen molar-refractivity contribution < 1.29 is 19.1 Å². The number of ether oxygens (including phenoxy) is 2. The van der Waals surface area contributed by atoms with Gasteiger partial charge in [-0.25, -0.2) is 0 Å². The van der Waals surface area contributed by atoms with Crippen LogP contribution < -0.4 is 14.4 Å². The Hall–Kier alpha value is -3.33. The fourth-order valence-corrected chi connectivity index (χ4v) is 7.31. The van der Waals surface area contributed by atoms with Crippen LogP contribution in [-0.2, 0) is 4.79 Å². The van der Waals surface area contributed by atoms with Crippen molar-refractivity contribution in [2.24, 2.45) is 5.92 Å². The van der Waals surface area contributed by atoms with Crippen molar-refractivity contribution in [1.29, 1.82) is 0 Å². The Morgan fingerprint density at radius 2 is 1.68 bits per heavy atom. The van der Waals surface area contributed by atoms with Crippen LogP contribution in [0.25, 0.3) is 0 Å². The lowest BCUT2D eigenvalue weighted by Crippen LogP contribution is -2.39. The number of piperidine rings is 1. The third-order valence-corrected chi connectivity index (χ3v) is 9.81. The maximum absolute atomic E-state index is 14.0. The van der Waals surface area contributed by atoms with E-state index in [4.69, 9.17) is 9.47 Å². The van der Waals surface area contributed by atoms with Gasteiger partial charge < -0.3 is 24.2 Å². The van der Waals surface area contributed by atoms with E-state index in [9.17, 15) is 9.59 Å². The first-order valence-electron chi connectivity index (χ1n) is 15.8. The predicted octanol–water partition coefficient (Wildman–Crippen LogP) is 6.58. The molecule has 44 heavy (non-hydrogen) atoms. The molecule has 2 heterocycles. The summed E-state index contributed by atoms with van der Waals surface area (Å²) in [4.78, 5) is 34.5. The number of hydrogen-bond donors (Lipinski definition) is 0. The van der Waals surface area contributed by atoms with Crippen molar-refractivity contribution in [1.82, 2.24) is 9.80 Å². The molecule has 8 heteroatoms. The van der Waals surface area contributed by atoms with E-state index in [2.05, 4.69) is 30.0 Å². The van der Waals surface area contributed by atoms with Crippen LogP contribution in [0.4, 0.5) is 5.69 Å². The van der Waals surface area contributed by atoms with Crippen LogP contribution in [0.2, 0.25) is 0 Å². The zero-order valence-electron chi connectivity index (χ0n) is 26.2. The van der Waals surface area contributed by atoms with E-state index in [0.29, 0.717) is 18.9 Å². The molecule has 2 aliphatic heterocycles. The SMILES string of the molecule is COc1ccc(OCCCCN2CCC(C(=O)c3ccccc3)CC2)c(C2Sc3ccccc3N(CCCN(C)C)C2=O)c1. The minimum Gasteiger partial charge on any atom is -0.497 e. The largest absolute Gasteiger partial charge is 0.497 e. The van der Waals surface area contributed by atoms with E-state index in [0.717, 1.165) is 85.7 Å². The van der Waals surface area contributed by atoms with E-state index in [1.165, 1.54) is 0 Å². The van der Waals surface area contributed by atoms with Gasteiger partial charge in [0.2, 0.25) is 5.91 Å². The molecule has 1 fully saturated rings. The average Bonchev–Trinajstić information content (AvgIpc) is 3.05. The molecule has 1 saturated heterocycles. The molecule has 3 aromatic carbocycles. The van der Waals surface area contributed by atoms with E-state index >= 15 is 0 Å². The number of fused-ring (bicyclic) bond motifs is 1. The van der Waals surface area contributed by atoms with Crippen LogP contribution in [0, 0.1) is 5.92 Å². The van der Waals surface area contributed by atoms with E-state index in [-0.39, 0.29) is 17.6 Å². The van der Waals surface area contributed by atoms with Gasteiger partial charge in [-0.1, -0.05) is 42.5 Å². The summed E-state index contributed by atoms with van der Waals surface area (Å²) < 4.78 is 11.9. The maximum atomic E-state index is 14.0. The summed E-state index contributed by atoms with van der Waals surface area (Å²) in [6.45, 7) is 5.09. The van der Waals surface area contributed by atoms with Gasteiger partial charge in [-0.05, 0) is 103 Å². The van der Waals surface area contributed by atoms with Gasteiger partial charge in [0.25, 0.3) is 0 Å². The Kier molecular flexibility index (Phi) is 11.4. The summed E-state index contributed by atoms with van der Waals surface area (Å²) in [6.07, 6.45) is 4.67. The molecule has 234 valence electrons. The van der Waals surface area contributed by atoms with E-state index in [1.54, 1.807) is 18.9 Å². The summed E-state index contributed by atoms with van der Waals surface area (Å²) in [5.41, 5.74) is 2.67. The van der Waals surface area contributed by atoms with Gasteiger partial charge in [-0.3, -0.25) is 9.59 Å². The number of hydrogen-bond acceptors (Lipinski definition) is 7. The first-order valence-corrected chi connectivity index (χ1v) is 16.7. The summed E-state index contributed by atoms with van der Waals surface area (Å²) >= 11 is 1.59. The molecule has 5 rings (SSSR count). The Balaban J connectivity index is 1.16. The maximum Gasteiger partial charge on any atom is 0.245 e. The van der Waals surface area contributed by atoms with Gasteiger partial charge in [0, 0.05) is 28.5 Å². The lowest BCUT2D eigenvalue weighted by molar-refractivity contribution is -0.118. The van der Waals surface area contributed by atoms with Crippen molar-refractivity contribution in [3.8, 4) is 11.5 Å². The highest BCUT2D eigenvalue weighted by atomic mass is 32.2. The zero-order chi connectivity index (χ0) is 30.9. The summed E-state index contributed by atoms with van der Waals surface area (Å²) in [5, 5.41) is -0.408. The molecule has 0 spiro atoms. The third-order valence-electron chi connectivity index (χ3n) is 8.52. The molecule has 0 aliphatic carbocycles. The molecular formula is C36H45N3O4S. The van der Waals surface area contributed by atoms with Crippen molar-refractivity contribution in [3.05, 3.63) is 83.9 Å². The first-order chi connectivity index (χ1) is 21.4. The molecule has 0 radical (unpaired) electrons. The zero-order valence-corrected chi connectivity index (χ0v) is 27.1. The smallest absolute Gasteiger partial charge is 0.245 e. The number of likely N-dealkylation sites (tertiary alicyclic amines) is 1. The number of thioether (sulfide) groups is 1. The number of carbonyl (C=O) groups is 2. The molecule has 0 saturated carbocycles. The van der Waals surface area contributed by atoms with Crippen molar-refractivity contribution in [2.45, 2.75) is 42.2 Å². The number of Topliss-reactive ketones (excluding diaryl/α,β-unsaturated/α-hetero) is 1. The van der Waals surface area contributed by atoms with Crippen LogP contribution in [0.1, 0.15) is 53.3 Å². The van der Waals surface area contributed by atoms with E-state index in [1.807, 2.05) is 71.6 Å². The molecule has 1 unspecified atom stereocenters. The second-order valence-corrected chi connectivity index (χ2v) is 13.1. The van der Waals surface area contributed by atoms with Gasteiger partial charge in [-0.2, -0.15) is 0 Å². The Morgan fingerprint density at radius 1 is 0.932 bits per heavy atom. The fraction of sp³-hybridized carbons (Fsp3) is 0.444. The number of para-hydroxylation sites is 1. The molecule has 1 atom stereocenters. The molecular weight excluding hydrogens is 570 g/mol. The number of amides is 1. The van der Waals surface area contributed by atoms with Gasteiger partial charge in [0.15, 0.2) is 5.78 Å². The molecule has 0 bridgehead atoms. The predicted molar refractivity (Wildman–Crippen MR) is 178 cm³/mol. The Bertz CT molecular complexity index is 1390. The van der Waals surface area contributed by atoms with Crippen LogP contribution >= 0.6 is 11.8 Å². The van der Waals surface area contributed by atoms with Crippen LogP contribution in [0.3, 0.4) is 0 Å². The van der Waals surface area contributed by atoms with Crippen molar-refractivity contribution in [3.63, 3.8) is 0 Å². The molecule has 2 aliphatic rings. The van der Waals surface area contributed by atoms with Gasteiger partial charge in [0.1, 0.15) is 16.7 Å².